The number of hydrogen-bond acceptors (Lipinski definition) is 4. The van der Waals surface area contributed by atoms with Crippen molar-refractivity contribution in [3.05, 3.63) is 65.7 Å². The van der Waals surface area contributed by atoms with E-state index in [1.807, 2.05) is 31.2 Å². The number of urea groups is 1. The van der Waals surface area contributed by atoms with Gasteiger partial charge in [0.2, 0.25) is 0 Å². The molecule has 0 aliphatic rings. The number of hydrogen-bond donors (Lipinski definition) is 3. The molecule has 25 heavy (non-hydrogen) atoms. The first kappa shape index (κ1) is 18.1. The number of anilines is 1. The van der Waals surface area contributed by atoms with Gasteiger partial charge in [0, 0.05) is 11.3 Å². The maximum absolute atomic E-state index is 11.9. The molecular weight excluding hydrogens is 318 g/mol. The number of aromatic hydroxyl groups is 1. The second-order valence-corrected chi connectivity index (χ2v) is 5.36. The zero-order valence-electron chi connectivity index (χ0n) is 14.2. The molecule has 0 bridgehead atoms. The van der Waals surface area contributed by atoms with E-state index >= 15 is 0 Å². The third kappa shape index (κ3) is 4.84. The topological polar surface area (TPSA) is 83.0 Å². The van der Waals surface area contributed by atoms with Crippen molar-refractivity contribution in [2.24, 2.45) is 5.10 Å². The van der Waals surface area contributed by atoms with Crippen LogP contribution in [0.2, 0.25) is 0 Å². The molecule has 0 aliphatic heterocycles. The van der Waals surface area contributed by atoms with Crippen LogP contribution < -0.4 is 15.5 Å². The first-order valence-electron chi connectivity index (χ1n) is 7.71. The van der Waals surface area contributed by atoms with E-state index in [1.165, 1.54) is 13.3 Å². The van der Waals surface area contributed by atoms with Gasteiger partial charge in [-0.2, -0.15) is 5.10 Å². The summed E-state index contributed by atoms with van der Waals surface area (Å²) < 4.78 is 5.15. The molecule has 0 radical (unpaired) electrons. The van der Waals surface area contributed by atoms with Crippen molar-refractivity contribution < 1.29 is 14.6 Å². The number of nitrogens with zero attached hydrogens (tertiary/aromatic N) is 1. The average Bonchev–Trinajstić information content (AvgIpc) is 2.59. The van der Waals surface area contributed by atoms with Gasteiger partial charge < -0.3 is 15.2 Å². The molecule has 0 saturated carbocycles. The van der Waals surface area contributed by atoms with Crippen molar-refractivity contribution in [2.45, 2.75) is 13.3 Å². The third-order valence-corrected chi connectivity index (χ3v) is 3.53. The second-order valence-electron chi connectivity index (χ2n) is 5.36. The number of phenolic OH excluding ortho intramolecular Hbond substituents is 1. The van der Waals surface area contributed by atoms with Gasteiger partial charge in [-0.05, 0) is 42.7 Å². The van der Waals surface area contributed by atoms with E-state index in [0.717, 1.165) is 11.3 Å². The lowest BCUT2D eigenvalue weighted by Crippen LogP contribution is -2.24. The van der Waals surface area contributed by atoms with Gasteiger partial charge in [-0.1, -0.05) is 24.3 Å². The van der Waals surface area contributed by atoms with Gasteiger partial charge in [-0.3, -0.25) is 0 Å². The van der Waals surface area contributed by atoms with E-state index in [9.17, 15) is 9.90 Å². The number of para-hydroxylation sites is 1. The molecule has 0 spiro atoms. The first-order valence-corrected chi connectivity index (χ1v) is 7.71. The van der Waals surface area contributed by atoms with Crippen LogP contribution in [0, 0.1) is 6.92 Å². The normalized spacial score (nSPS) is 10.5. The Bertz CT molecular complexity index is 800. The number of carbonyl (C=O) groups excluding carboxylic acids is 1. The summed E-state index contributed by atoms with van der Waals surface area (Å²) in [6, 6.07) is 10.4. The highest BCUT2D eigenvalue weighted by Gasteiger charge is 2.09. The molecule has 130 valence electrons. The van der Waals surface area contributed by atoms with Gasteiger partial charge in [0.1, 0.15) is 0 Å². The van der Waals surface area contributed by atoms with Gasteiger partial charge in [-0.25, -0.2) is 10.2 Å². The Morgan fingerprint density at radius 3 is 2.80 bits per heavy atom. The fourth-order valence-corrected chi connectivity index (χ4v) is 2.26. The largest absolute Gasteiger partial charge is 0.504 e. The summed E-state index contributed by atoms with van der Waals surface area (Å²) in [5.41, 5.74) is 5.43. The molecule has 2 aromatic carbocycles. The van der Waals surface area contributed by atoms with Gasteiger partial charge in [-0.15, -0.1) is 6.58 Å². The number of rotatable bonds is 6. The summed E-state index contributed by atoms with van der Waals surface area (Å²) in [4.78, 5) is 11.9. The molecule has 0 aliphatic carbocycles. The SMILES string of the molecule is C=CCc1cc(C=NNC(=O)Nc2ccccc2C)cc(OC)c1O. The van der Waals surface area contributed by atoms with E-state index in [-0.39, 0.29) is 5.75 Å². The Balaban J connectivity index is 2.06. The zero-order chi connectivity index (χ0) is 18.2. The number of amides is 2. The van der Waals surface area contributed by atoms with Gasteiger partial charge in [0.15, 0.2) is 11.5 Å². The van der Waals surface area contributed by atoms with Gasteiger partial charge in [0.25, 0.3) is 0 Å². The minimum Gasteiger partial charge on any atom is -0.504 e. The molecule has 2 rings (SSSR count). The first-order chi connectivity index (χ1) is 12.0. The highest BCUT2D eigenvalue weighted by atomic mass is 16.5. The van der Waals surface area contributed by atoms with Crippen molar-refractivity contribution >= 4 is 17.9 Å². The molecule has 0 atom stereocenters. The molecule has 0 heterocycles. The van der Waals surface area contributed by atoms with Crippen LogP contribution in [0.3, 0.4) is 0 Å². The Labute approximate surface area is 146 Å². The number of benzene rings is 2. The second kappa shape index (κ2) is 8.54. The number of methoxy groups -OCH3 is 1. The maximum Gasteiger partial charge on any atom is 0.339 e. The number of allylic oxidation sites excluding steroid dienone is 1. The minimum absolute atomic E-state index is 0.0739. The highest BCUT2D eigenvalue weighted by Crippen LogP contribution is 2.31. The molecule has 0 fully saturated rings. The van der Waals surface area contributed by atoms with Crippen LogP contribution in [-0.2, 0) is 6.42 Å². The lowest BCUT2D eigenvalue weighted by atomic mass is 10.1. The quantitative estimate of drug-likeness (QED) is 0.427. The van der Waals surface area contributed by atoms with Crippen LogP contribution in [0.5, 0.6) is 11.5 Å². The molecule has 6 nitrogen and oxygen atoms in total. The van der Waals surface area contributed by atoms with Crippen molar-refractivity contribution in [1.82, 2.24) is 5.43 Å². The third-order valence-electron chi connectivity index (χ3n) is 3.53. The molecule has 0 unspecified atom stereocenters. The van der Waals surface area contributed by atoms with Gasteiger partial charge in [0.05, 0.1) is 13.3 Å². The fourth-order valence-electron chi connectivity index (χ4n) is 2.26. The smallest absolute Gasteiger partial charge is 0.339 e. The average molecular weight is 339 g/mol. The van der Waals surface area contributed by atoms with E-state index in [2.05, 4.69) is 22.4 Å². The van der Waals surface area contributed by atoms with Gasteiger partial charge >= 0.3 is 6.03 Å². The zero-order valence-corrected chi connectivity index (χ0v) is 14.2. The molecule has 2 aromatic rings. The highest BCUT2D eigenvalue weighted by molar-refractivity contribution is 5.91. The van der Waals surface area contributed by atoms with Crippen LogP contribution >= 0.6 is 0 Å². The van der Waals surface area contributed by atoms with Crippen molar-refractivity contribution in [3.8, 4) is 11.5 Å². The summed E-state index contributed by atoms with van der Waals surface area (Å²) in [5, 5.41) is 16.7. The Morgan fingerprint density at radius 1 is 1.36 bits per heavy atom. The van der Waals surface area contributed by atoms with Crippen LogP contribution in [0.1, 0.15) is 16.7 Å². The number of hydrazone groups is 1. The molecule has 3 N–H and O–H groups in total. The molecule has 0 saturated heterocycles. The summed E-state index contributed by atoms with van der Waals surface area (Å²) in [6.45, 7) is 5.57. The number of phenols is 1. The lowest BCUT2D eigenvalue weighted by molar-refractivity contribution is 0.252. The monoisotopic (exact) mass is 339 g/mol. The predicted octanol–water partition coefficient (Wildman–Crippen LogP) is 3.59. The number of nitrogens with one attached hydrogen (secondary N) is 2. The molecule has 6 heteroatoms. The van der Waals surface area contributed by atoms with Crippen molar-refractivity contribution in [3.63, 3.8) is 0 Å². The fraction of sp³-hybridized carbons (Fsp3) is 0.158. The van der Waals surface area contributed by atoms with Crippen LogP contribution in [0.25, 0.3) is 0 Å². The summed E-state index contributed by atoms with van der Waals surface area (Å²) in [5.74, 6) is 0.412. The van der Waals surface area contributed by atoms with E-state index < -0.39 is 6.03 Å². The number of carbonyl (C=O) groups is 1. The number of ether oxygens (including phenoxy) is 1. The Morgan fingerprint density at radius 2 is 2.12 bits per heavy atom. The maximum atomic E-state index is 11.9. The van der Waals surface area contributed by atoms with E-state index in [4.69, 9.17) is 4.74 Å². The molecular formula is C19H21N3O3. The molecule has 2 amide bonds. The van der Waals surface area contributed by atoms with Crippen molar-refractivity contribution in [2.75, 3.05) is 12.4 Å². The van der Waals surface area contributed by atoms with Crippen molar-refractivity contribution in [1.29, 1.82) is 0 Å². The van der Waals surface area contributed by atoms with Crippen LogP contribution in [0.15, 0.2) is 54.2 Å². The molecule has 0 aromatic heterocycles. The summed E-state index contributed by atoms with van der Waals surface area (Å²) in [6.07, 6.45) is 3.65. The van der Waals surface area contributed by atoms with E-state index in [1.54, 1.807) is 18.2 Å². The van der Waals surface area contributed by atoms with Crippen LogP contribution in [0.4, 0.5) is 10.5 Å². The summed E-state index contributed by atoms with van der Waals surface area (Å²) >= 11 is 0. The number of aryl methyl sites for hydroxylation is 1. The van der Waals surface area contributed by atoms with Crippen LogP contribution in [-0.4, -0.2) is 24.5 Å². The standard InChI is InChI=1S/C19H21N3O3/c1-4-7-15-10-14(11-17(25-3)18(15)23)12-20-22-19(24)21-16-9-6-5-8-13(16)2/h4-6,8-12,23H,1,7H2,2-3H3,(H2,21,22,24). The lowest BCUT2D eigenvalue weighted by Gasteiger charge is -2.09. The Hall–Kier alpha value is -3.28. The Kier molecular flexibility index (Phi) is 6.17. The minimum atomic E-state index is -0.442. The van der Waals surface area contributed by atoms with E-state index in [0.29, 0.717) is 23.3 Å². The predicted molar refractivity (Wildman–Crippen MR) is 99.5 cm³/mol. The summed E-state index contributed by atoms with van der Waals surface area (Å²) in [7, 11) is 1.47.